The zero-order chi connectivity index (χ0) is 23.6. The second kappa shape index (κ2) is 9.03. The molecule has 1 heterocycles. The van der Waals surface area contributed by atoms with E-state index in [1.165, 1.54) is 6.08 Å². The molecular formula is C27H30O5. The quantitative estimate of drug-likeness (QED) is 0.309. The monoisotopic (exact) mass is 434 g/mol. The molecule has 5 heteroatoms. The van der Waals surface area contributed by atoms with Crippen molar-refractivity contribution in [3.63, 3.8) is 0 Å². The minimum Gasteiger partial charge on any atom is -0.497 e. The zero-order valence-corrected chi connectivity index (χ0v) is 19.8. The number of ketones is 2. The minimum absolute atomic E-state index is 0.0881. The van der Waals surface area contributed by atoms with E-state index in [2.05, 4.69) is 0 Å². The van der Waals surface area contributed by atoms with Gasteiger partial charge in [0.15, 0.2) is 5.76 Å². The molecule has 0 saturated carbocycles. The van der Waals surface area contributed by atoms with Crippen molar-refractivity contribution in [3.8, 4) is 11.5 Å². The average Bonchev–Trinajstić information content (AvgIpc) is 3.07. The lowest BCUT2D eigenvalue weighted by Gasteiger charge is -2.23. The highest BCUT2D eigenvalue weighted by atomic mass is 16.5. The summed E-state index contributed by atoms with van der Waals surface area (Å²) in [6.45, 7) is 11.4. The first kappa shape index (κ1) is 23.3. The van der Waals surface area contributed by atoms with Gasteiger partial charge in [-0.2, -0.15) is 0 Å². The van der Waals surface area contributed by atoms with E-state index in [0.717, 1.165) is 33.4 Å². The van der Waals surface area contributed by atoms with Gasteiger partial charge in [0.2, 0.25) is 5.78 Å². The summed E-state index contributed by atoms with van der Waals surface area (Å²) in [4.78, 5) is 24.6. The Hall–Kier alpha value is -3.34. The molecule has 0 aliphatic carbocycles. The Bertz CT molecular complexity index is 1190. The van der Waals surface area contributed by atoms with E-state index in [0.29, 0.717) is 23.7 Å². The third-order valence-electron chi connectivity index (χ3n) is 5.81. The smallest absolute Gasteiger partial charge is 0.221 e. The predicted octanol–water partition coefficient (Wildman–Crippen LogP) is 6.26. The van der Waals surface area contributed by atoms with Crippen molar-refractivity contribution in [1.29, 1.82) is 0 Å². The van der Waals surface area contributed by atoms with Gasteiger partial charge in [-0.1, -0.05) is 6.08 Å². The molecule has 0 spiro atoms. The fourth-order valence-electron chi connectivity index (χ4n) is 3.48. The second-order valence-corrected chi connectivity index (χ2v) is 8.83. The van der Waals surface area contributed by atoms with Crippen LogP contribution in [-0.4, -0.2) is 25.3 Å². The molecular weight excluding hydrogens is 404 g/mol. The number of carbonyl (C=O) groups excluding carboxylic acids is 2. The van der Waals surface area contributed by atoms with E-state index in [1.54, 1.807) is 26.2 Å². The summed E-state index contributed by atoms with van der Waals surface area (Å²) < 4.78 is 17.0. The van der Waals surface area contributed by atoms with Gasteiger partial charge in [-0.3, -0.25) is 9.59 Å². The molecule has 3 rings (SSSR count). The number of rotatable bonds is 8. The molecule has 0 saturated heterocycles. The SMILES string of the molecule is COc1ccc2c(C)c(C(=O)/C=C/c3cc(C)c(OCC(C)(C)C(C)=O)c(C)c3)oc2c1. The summed E-state index contributed by atoms with van der Waals surface area (Å²) in [6, 6.07) is 9.45. The highest BCUT2D eigenvalue weighted by Gasteiger charge is 2.25. The number of carbonyl (C=O) groups is 2. The van der Waals surface area contributed by atoms with Crippen LogP contribution in [0.3, 0.4) is 0 Å². The normalized spacial score (nSPS) is 11.8. The molecule has 0 N–H and O–H groups in total. The molecule has 0 aliphatic rings. The van der Waals surface area contributed by atoms with Crippen molar-refractivity contribution in [1.82, 2.24) is 0 Å². The van der Waals surface area contributed by atoms with E-state index in [-0.39, 0.29) is 11.6 Å². The van der Waals surface area contributed by atoms with Gasteiger partial charge in [-0.05, 0) is 88.6 Å². The Morgan fingerprint density at radius 1 is 1.06 bits per heavy atom. The molecule has 0 atom stereocenters. The molecule has 1 aromatic heterocycles. The molecule has 32 heavy (non-hydrogen) atoms. The van der Waals surface area contributed by atoms with Crippen LogP contribution in [0.15, 0.2) is 40.8 Å². The topological polar surface area (TPSA) is 65.7 Å². The zero-order valence-electron chi connectivity index (χ0n) is 19.8. The van der Waals surface area contributed by atoms with Crippen molar-refractivity contribution in [2.75, 3.05) is 13.7 Å². The first-order chi connectivity index (χ1) is 15.0. The molecule has 0 aliphatic heterocycles. The van der Waals surface area contributed by atoms with Crippen LogP contribution in [0.25, 0.3) is 17.0 Å². The molecule has 0 radical (unpaired) electrons. The molecule has 0 amide bonds. The van der Waals surface area contributed by atoms with Crippen LogP contribution in [0.5, 0.6) is 11.5 Å². The fraction of sp³-hybridized carbons (Fsp3) is 0.333. The number of Topliss-reactive ketones (excluding diaryl/α,β-unsaturated/α-hetero) is 1. The number of fused-ring (bicyclic) bond motifs is 1. The number of aryl methyl sites for hydroxylation is 3. The van der Waals surface area contributed by atoms with Gasteiger partial charge in [0.25, 0.3) is 0 Å². The highest BCUT2D eigenvalue weighted by Crippen LogP contribution is 2.30. The van der Waals surface area contributed by atoms with Crippen LogP contribution < -0.4 is 9.47 Å². The van der Waals surface area contributed by atoms with Crippen molar-refractivity contribution in [2.24, 2.45) is 5.41 Å². The van der Waals surface area contributed by atoms with Crippen LogP contribution >= 0.6 is 0 Å². The first-order valence-electron chi connectivity index (χ1n) is 10.6. The molecule has 0 fully saturated rings. The summed E-state index contributed by atoms with van der Waals surface area (Å²) in [5.41, 5.74) is 3.67. The van der Waals surface area contributed by atoms with Crippen molar-refractivity contribution in [2.45, 2.75) is 41.5 Å². The Morgan fingerprint density at radius 3 is 2.31 bits per heavy atom. The van der Waals surface area contributed by atoms with Gasteiger partial charge in [0.1, 0.15) is 29.5 Å². The Kier molecular flexibility index (Phi) is 6.58. The lowest BCUT2D eigenvalue weighted by molar-refractivity contribution is -0.126. The van der Waals surface area contributed by atoms with Gasteiger partial charge >= 0.3 is 0 Å². The van der Waals surface area contributed by atoms with Gasteiger partial charge in [0.05, 0.1) is 12.5 Å². The van der Waals surface area contributed by atoms with E-state index >= 15 is 0 Å². The van der Waals surface area contributed by atoms with E-state index < -0.39 is 5.41 Å². The highest BCUT2D eigenvalue weighted by molar-refractivity contribution is 6.08. The summed E-state index contributed by atoms with van der Waals surface area (Å²) >= 11 is 0. The number of hydrogen-bond donors (Lipinski definition) is 0. The second-order valence-electron chi connectivity index (χ2n) is 8.83. The number of ether oxygens (including phenoxy) is 2. The maximum Gasteiger partial charge on any atom is 0.221 e. The summed E-state index contributed by atoms with van der Waals surface area (Å²) in [5, 5.41) is 0.893. The van der Waals surface area contributed by atoms with E-state index in [1.807, 2.05) is 58.9 Å². The number of hydrogen-bond acceptors (Lipinski definition) is 5. The standard InChI is InChI=1S/C27H30O5/c1-16-12-20(13-17(2)25(16)31-15-27(5,6)19(4)28)8-11-23(29)26-18(3)22-10-9-21(30-7)14-24(22)32-26/h8-14H,15H2,1-7H3/b11-8+. The number of methoxy groups -OCH3 is 1. The van der Waals surface area contributed by atoms with Gasteiger partial charge < -0.3 is 13.9 Å². The molecule has 2 aromatic carbocycles. The summed E-state index contributed by atoms with van der Waals surface area (Å²) in [6.07, 6.45) is 3.30. The molecule has 0 bridgehead atoms. The third-order valence-corrected chi connectivity index (χ3v) is 5.81. The van der Waals surface area contributed by atoms with Gasteiger partial charge in [-0.15, -0.1) is 0 Å². The van der Waals surface area contributed by atoms with Crippen molar-refractivity contribution >= 4 is 28.6 Å². The van der Waals surface area contributed by atoms with E-state index in [9.17, 15) is 9.59 Å². The maximum atomic E-state index is 12.8. The Balaban J connectivity index is 1.81. The van der Waals surface area contributed by atoms with Crippen LogP contribution in [0, 0.1) is 26.2 Å². The minimum atomic E-state index is -0.543. The van der Waals surface area contributed by atoms with Crippen molar-refractivity contribution < 1.29 is 23.5 Å². The summed E-state index contributed by atoms with van der Waals surface area (Å²) in [5.74, 6) is 1.66. The van der Waals surface area contributed by atoms with Crippen LogP contribution in [-0.2, 0) is 4.79 Å². The Morgan fingerprint density at radius 2 is 1.72 bits per heavy atom. The van der Waals surface area contributed by atoms with Gasteiger partial charge in [-0.25, -0.2) is 0 Å². The van der Waals surface area contributed by atoms with Crippen LogP contribution in [0.4, 0.5) is 0 Å². The first-order valence-corrected chi connectivity index (χ1v) is 10.6. The molecule has 168 valence electrons. The molecule has 3 aromatic rings. The number of allylic oxidation sites excluding steroid dienone is 1. The number of furan rings is 1. The average molecular weight is 435 g/mol. The van der Waals surface area contributed by atoms with E-state index in [4.69, 9.17) is 13.9 Å². The fourth-order valence-corrected chi connectivity index (χ4v) is 3.48. The molecule has 5 nitrogen and oxygen atoms in total. The summed E-state index contributed by atoms with van der Waals surface area (Å²) in [7, 11) is 1.59. The Labute approximate surface area is 189 Å². The third kappa shape index (κ3) is 4.77. The predicted molar refractivity (Wildman–Crippen MR) is 127 cm³/mol. The maximum absolute atomic E-state index is 12.8. The number of benzene rings is 2. The van der Waals surface area contributed by atoms with Crippen LogP contribution in [0.1, 0.15) is 53.6 Å². The van der Waals surface area contributed by atoms with Crippen molar-refractivity contribution in [3.05, 3.63) is 64.4 Å². The lowest BCUT2D eigenvalue weighted by Crippen LogP contribution is -2.29. The molecule has 0 unspecified atom stereocenters. The van der Waals surface area contributed by atoms with Gasteiger partial charge in [0, 0.05) is 17.0 Å². The van der Waals surface area contributed by atoms with Crippen LogP contribution in [0.2, 0.25) is 0 Å². The lowest BCUT2D eigenvalue weighted by atomic mass is 9.90. The largest absolute Gasteiger partial charge is 0.497 e.